The lowest BCUT2D eigenvalue weighted by molar-refractivity contribution is 0.163. The molecule has 0 unspecified atom stereocenters. The van der Waals surface area contributed by atoms with Crippen molar-refractivity contribution >= 4 is 15.9 Å². The Morgan fingerprint density at radius 2 is 1.95 bits per heavy atom. The van der Waals surface area contributed by atoms with Crippen LogP contribution in [0.15, 0.2) is 34.8 Å². The van der Waals surface area contributed by atoms with Crippen molar-refractivity contribution < 1.29 is 0 Å². The van der Waals surface area contributed by atoms with Gasteiger partial charge in [-0.3, -0.25) is 4.68 Å². The number of hydrogen-bond donors (Lipinski definition) is 1. The van der Waals surface area contributed by atoms with Crippen LogP contribution in [-0.4, -0.2) is 22.9 Å². The van der Waals surface area contributed by atoms with Gasteiger partial charge in [-0.1, -0.05) is 30.3 Å². The van der Waals surface area contributed by atoms with Gasteiger partial charge in [0, 0.05) is 25.6 Å². The van der Waals surface area contributed by atoms with Gasteiger partial charge in [0.1, 0.15) is 0 Å². The Morgan fingerprint density at radius 1 is 1.25 bits per heavy atom. The molecule has 0 saturated carbocycles. The smallest absolute Gasteiger partial charge is 0.0738 e. The fourth-order valence-electron chi connectivity index (χ4n) is 3.05. The molecule has 20 heavy (non-hydrogen) atoms. The second-order valence-electron chi connectivity index (χ2n) is 5.91. The van der Waals surface area contributed by atoms with E-state index in [4.69, 9.17) is 0 Å². The number of halogens is 1. The Kier molecular flexibility index (Phi) is 3.69. The molecule has 4 heteroatoms. The van der Waals surface area contributed by atoms with Crippen LogP contribution in [-0.2, 0) is 19.9 Å². The van der Waals surface area contributed by atoms with Gasteiger partial charge in [-0.05, 0) is 41.3 Å². The molecule has 1 saturated heterocycles. The zero-order chi connectivity index (χ0) is 14.2. The fraction of sp³-hybridized carbons (Fsp3) is 0.438. The van der Waals surface area contributed by atoms with Gasteiger partial charge >= 0.3 is 0 Å². The first-order valence-electron chi connectivity index (χ1n) is 7.02. The normalized spacial score (nSPS) is 16.9. The third kappa shape index (κ3) is 2.54. The summed E-state index contributed by atoms with van der Waals surface area (Å²) in [5.41, 5.74) is 4.12. The largest absolute Gasteiger partial charge is 0.315 e. The maximum atomic E-state index is 4.51. The van der Waals surface area contributed by atoms with Crippen LogP contribution in [0.1, 0.15) is 17.0 Å². The van der Waals surface area contributed by atoms with Gasteiger partial charge in [0.15, 0.2) is 0 Å². The standard InChI is InChI=1S/C16H20BrN3/c1-12-15(17)14(20(2)19-12)9-16(10-18-11-16)8-13-6-4-3-5-7-13/h3-7,18H,8-11H2,1-2H3. The quantitative estimate of drug-likeness (QED) is 0.932. The van der Waals surface area contributed by atoms with Crippen LogP contribution < -0.4 is 5.32 Å². The molecule has 2 heterocycles. The Morgan fingerprint density at radius 3 is 2.45 bits per heavy atom. The minimum absolute atomic E-state index is 0.324. The van der Waals surface area contributed by atoms with Crippen molar-refractivity contribution in [3.63, 3.8) is 0 Å². The highest BCUT2D eigenvalue weighted by Gasteiger charge is 2.38. The minimum atomic E-state index is 0.324. The van der Waals surface area contributed by atoms with Crippen LogP contribution in [0.4, 0.5) is 0 Å². The summed E-state index contributed by atoms with van der Waals surface area (Å²) in [6.45, 7) is 4.22. The van der Waals surface area contributed by atoms with Crippen molar-refractivity contribution in [3.05, 3.63) is 51.8 Å². The van der Waals surface area contributed by atoms with Gasteiger partial charge in [0.05, 0.1) is 15.9 Å². The van der Waals surface area contributed by atoms with Crippen molar-refractivity contribution in [2.45, 2.75) is 19.8 Å². The summed E-state index contributed by atoms with van der Waals surface area (Å²) in [7, 11) is 2.04. The van der Waals surface area contributed by atoms with E-state index in [-0.39, 0.29) is 0 Å². The second kappa shape index (κ2) is 5.34. The van der Waals surface area contributed by atoms with E-state index in [1.807, 2.05) is 11.7 Å². The second-order valence-corrected chi connectivity index (χ2v) is 6.71. The molecule has 2 aromatic rings. The van der Waals surface area contributed by atoms with E-state index in [2.05, 4.69) is 63.6 Å². The van der Waals surface area contributed by atoms with Crippen LogP contribution in [0.3, 0.4) is 0 Å². The van der Waals surface area contributed by atoms with Gasteiger partial charge in [-0.2, -0.15) is 5.10 Å². The summed E-state index contributed by atoms with van der Waals surface area (Å²) in [6.07, 6.45) is 2.18. The average molecular weight is 334 g/mol. The number of aromatic nitrogens is 2. The summed E-state index contributed by atoms with van der Waals surface area (Å²) < 4.78 is 3.18. The molecular formula is C16H20BrN3. The third-order valence-corrected chi connectivity index (χ3v) is 5.26. The molecule has 0 spiro atoms. The molecule has 1 fully saturated rings. The van der Waals surface area contributed by atoms with E-state index >= 15 is 0 Å². The van der Waals surface area contributed by atoms with E-state index in [0.29, 0.717) is 5.41 Å². The van der Waals surface area contributed by atoms with Crippen molar-refractivity contribution in [1.29, 1.82) is 0 Å². The number of nitrogens with one attached hydrogen (secondary N) is 1. The van der Waals surface area contributed by atoms with Gasteiger partial charge in [0.2, 0.25) is 0 Å². The van der Waals surface area contributed by atoms with Crippen molar-refractivity contribution in [2.24, 2.45) is 12.5 Å². The van der Waals surface area contributed by atoms with Crippen LogP contribution in [0, 0.1) is 12.3 Å². The van der Waals surface area contributed by atoms with Crippen LogP contribution in [0.5, 0.6) is 0 Å². The fourth-order valence-corrected chi connectivity index (χ4v) is 3.52. The first-order valence-corrected chi connectivity index (χ1v) is 7.82. The van der Waals surface area contributed by atoms with E-state index in [1.54, 1.807) is 0 Å². The Bertz CT molecular complexity index is 600. The number of benzene rings is 1. The van der Waals surface area contributed by atoms with Crippen LogP contribution in [0.25, 0.3) is 0 Å². The Labute approximate surface area is 128 Å². The molecule has 0 bridgehead atoms. The van der Waals surface area contributed by atoms with Crippen molar-refractivity contribution in [2.75, 3.05) is 13.1 Å². The zero-order valence-electron chi connectivity index (χ0n) is 12.0. The molecule has 1 aromatic carbocycles. The van der Waals surface area contributed by atoms with Crippen LogP contribution >= 0.6 is 15.9 Å². The Balaban J connectivity index is 1.83. The lowest BCUT2D eigenvalue weighted by Gasteiger charge is -2.43. The monoisotopic (exact) mass is 333 g/mol. The van der Waals surface area contributed by atoms with E-state index in [9.17, 15) is 0 Å². The molecular weight excluding hydrogens is 314 g/mol. The van der Waals surface area contributed by atoms with Crippen molar-refractivity contribution in [1.82, 2.24) is 15.1 Å². The molecule has 1 aliphatic heterocycles. The van der Waals surface area contributed by atoms with Gasteiger partial charge in [0.25, 0.3) is 0 Å². The number of aryl methyl sites for hydroxylation is 2. The topological polar surface area (TPSA) is 29.9 Å². The highest BCUT2D eigenvalue weighted by molar-refractivity contribution is 9.10. The molecule has 3 nitrogen and oxygen atoms in total. The van der Waals surface area contributed by atoms with Crippen LogP contribution in [0.2, 0.25) is 0 Å². The Hall–Kier alpha value is -1.13. The molecule has 3 rings (SSSR count). The number of rotatable bonds is 4. The van der Waals surface area contributed by atoms with E-state index < -0.39 is 0 Å². The highest BCUT2D eigenvalue weighted by atomic mass is 79.9. The highest BCUT2D eigenvalue weighted by Crippen LogP contribution is 2.34. The molecule has 1 aliphatic rings. The first kappa shape index (κ1) is 13.8. The zero-order valence-corrected chi connectivity index (χ0v) is 13.6. The molecule has 0 atom stereocenters. The predicted octanol–water partition coefficient (Wildman–Crippen LogP) is 2.87. The van der Waals surface area contributed by atoms with Gasteiger partial charge in [-0.15, -0.1) is 0 Å². The summed E-state index contributed by atoms with van der Waals surface area (Å²) in [5.74, 6) is 0. The number of hydrogen-bond acceptors (Lipinski definition) is 2. The van der Waals surface area contributed by atoms with E-state index in [0.717, 1.165) is 31.6 Å². The average Bonchev–Trinajstić information content (AvgIpc) is 2.63. The van der Waals surface area contributed by atoms with Gasteiger partial charge in [-0.25, -0.2) is 0 Å². The summed E-state index contributed by atoms with van der Waals surface area (Å²) in [5, 5.41) is 7.95. The van der Waals surface area contributed by atoms with E-state index in [1.165, 1.54) is 15.7 Å². The molecule has 0 aliphatic carbocycles. The summed E-state index contributed by atoms with van der Waals surface area (Å²) in [6, 6.07) is 10.8. The lowest BCUT2D eigenvalue weighted by Crippen LogP contribution is -2.56. The predicted molar refractivity (Wildman–Crippen MR) is 84.8 cm³/mol. The van der Waals surface area contributed by atoms with Gasteiger partial charge < -0.3 is 5.32 Å². The SMILES string of the molecule is Cc1nn(C)c(CC2(Cc3ccccc3)CNC2)c1Br. The molecule has 0 amide bonds. The first-order chi connectivity index (χ1) is 9.60. The summed E-state index contributed by atoms with van der Waals surface area (Å²) >= 11 is 3.69. The molecule has 1 aromatic heterocycles. The number of nitrogens with zero attached hydrogens (tertiary/aromatic N) is 2. The molecule has 0 radical (unpaired) electrons. The minimum Gasteiger partial charge on any atom is -0.315 e. The maximum Gasteiger partial charge on any atom is 0.0738 e. The van der Waals surface area contributed by atoms with Crippen molar-refractivity contribution in [3.8, 4) is 0 Å². The lowest BCUT2D eigenvalue weighted by atomic mass is 9.73. The summed E-state index contributed by atoms with van der Waals surface area (Å²) in [4.78, 5) is 0. The maximum absolute atomic E-state index is 4.51. The molecule has 106 valence electrons. The molecule has 1 N–H and O–H groups in total. The third-order valence-electron chi connectivity index (χ3n) is 4.23.